The van der Waals surface area contributed by atoms with Crippen LogP contribution in [0, 0.1) is 17.3 Å². The topological polar surface area (TPSA) is 18.5 Å². The second-order valence-electron chi connectivity index (χ2n) is 11.7. The quantitative estimate of drug-likeness (QED) is 0.800. The lowest BCUT2D eigenvalue weighted by atomic mass is 9.70. The molecule has 1 aliphatic carbocycles. The van der Waals surface area contributed by atoms with Crippen molar-refractivity contribution >= 4 is 0 Å². The summed E-state index contributed by atoms with van der Waals surface area (Å²) in [5.74, 6) is 1.92. The zero-order chi connectivity index (χ0) is 18.9. The third-order valence-corrected chi connectivity index (χ3v) is 7.21. The van der Waals surface area contributed by atoms with E-state index in [1.807, 2.05) is 0 Å². The predicted molar refractivity (Wildman–Crippen MR) is 113 cm³/mol. The Morgan fingerprint density at radius 3 is 1.88 bits per heavy atom. The van der Waals surface area contributed by atoms with E-state index in [1.54, 1.807) is 0 Å². The Hall–Kier alpha value is -0.120. The maximum atomic E-state index is 3.75. The number of rotatable bonds is 4. The van der Waals surface area contributed by atoms with Gasteiger partial charge in [-0.05, 0) is 89.6 Å². The second-order valence-corrected chi connectivity index (χ2v) is 11.7. The van der Waals surface area contributed by atoms with Crippen LogP contribution in [0.3, 0.4) is 0 Å². The number of hydrogen-bond donors (Lipinski definition) is 1. The molecule has 0 bridgehead atoms. The van der Waals surface area contributed by atoms with Crippen LogP contribution in [0.5, 0.6) is 0 Å². The summed E-state index contributed by atoms with van der Waals surface area (Å²) in [6.45, 7) is 20.7. The van der Waals surface area contributed by atoms with E-state index in [-0.39, 0.29) is 5.54 Å². The van der Waals surface area contributed by atoms with Crippen LogP contribution >= 0.6 is 0 Å². The SMILES string of the molecule is CC(C)(C)NC1CN(C2CCN(CC3CCC(C(C)(C)C)CC3)CC2)C1. The first-order valence-electron chi connectivity index (χ1n) is 11.3. The molecule has 3 fully saturated rings. The van der Waals surface area contributed by atoms with Gasteiger partial charge in [0.25, 0.3) is 0 Å². The molecule has 0 spiro atoms. The highest BCUT2D eigenvalue weighted by atomic mass is 15.3. The van der Waals surface area contributed by atoms with E-state index in [9.17, 15) is 0 Å². The smallest absolute Gasteiger partial charge is 0.0327 e. The predicted octanol–water partition coefficient (Wildman–Crippen LogP) is 4.38. The van der Waals surface area contributed by atoms with E-state index in [1.165, 1.54) is 71.2 Å². The van der Waals surface area contributed by atoms with Crippen LogP contribution in [0.1, 0.15) is 80.1 Å². The van der Waals surface area contributed by atoms with Crippen molar-refractivity contribution in [1.29, 1.82) is 0 Å². The van der Waals surface area contributed by atoms with Gasteiger partial charge in [-0.3, -0.25) is 4.90 Å². The fourth-order valence-electron chi connectivity index (χ4n) is 5.56. The van der Waals surface area contributed by atoms with Crippen molar-refractivity contribution in [1.82, 2.24) is 15.1 Å². The molecule has 3 rings (SSSR count). The van der Waals surface area contributed by atoms with Crippen LogP contribution in [-0.4, -0.2) is 60.1 Å². The van der Waals surface area contributed by atoms with E-state index in [0.29, 0.717) is 11.5 Å². The molecule has 3 heteroatoms. The van der Waals surface area contributed by atoms with Crippen molar-refractivity contribution in [2.75, 3.05) is 32.7 Å². The minimum absolute atomic E-state index is 0.256. The largest absolute Gasteiger partial charge is 0.307 e. The van der Waals surface area contributed by atoms with E-state index >= 15 is 0 Å². The summed E-state index contributed by atoms with van der Waals surface area (Å²) in [4.78, 5) is 5.51. The second kappa shape index (κ2) is 8.09. The lowest BCUT2D eigenvalue weighted by molar-refractivity contribution is 0.0234. The highest BCUT2D eigenvalue weighted by molar-refractivity contribution is 4.95. The molecule has 2 aliphatic heterocycles. The normalized spacial score (nSPS) is 31.2. The summed E-state index contributed by atoms with van der Waals surface area (Å²) in [5.41, 5.74) is 0.770. The van der Waals surface area contributed by atoms with Gasteiger partial charge in [-0.2, -0.15) is 0 Å². The molecule has 3 nitrogen and oxygen atoms in total. The number of piperidine rings is 1. The maximum Gasteiger partial charge on any atom is 0.0327 e. The van der Waals surface area contributed by atoms with Gasteiger partial charge in [0.05, 0.1) is 0 Å². The molecule has 0 aromatic rings. The van der Waals surface area contributed by atoms with Crippen molar-refractivity contribution in [3.8, 4) is 0 Å². The Morgan fingerprint density at radius 1 is 0.808 bits per heavy atom. The zero-order valence-corrected chi connectivity index (χ0v) is 18.5. The molecule has 1 N–H and O–H groups in total. The Balaban J connectivity index is 1.32. The molecule has 0 atom stereocenters. The monoisotopic (exact) mass is 363 g/mol. The van der Waals surface area contributed by atoms with Crippen LogP contribution in [0.15, 0.2) is 0 Å². The van der Waals surface area contributed by atoms with E-state index < -0.39 is 0 Å². The first kappa shape index (κ1) is 20.6. The Bertz CT molecular complexity index is 425. The van der Waals surface area contributed by atoms with Crippen LogP contribution in [0.25, 0.3) is 0 Å². The van der Waals surface area contributed by atoms with Crippen LogP contribution in [-0.2, 0) is 0 Å². The summed E-state index contributed by atoms with van der Waals surface area (Å²) >= 11 is 0. The molecular formula is C23H45N3. The Morgan fingerprint density at radius 2 is 1.38 bits per heavy atom. The van der Waals surface area contributed by atoms with Gasteiger partial charge in [0.1, 0.15) is 0 Å². The Kier molecular flexibility index (Phi) is 6.41. The van der Waals surface area contributed by atoms with Crippen LogP contribution < -0.4 is 5.32 Å². The molecular weight excluding hydrogens is 318 g/mol. The molecule has 0 unspecified atom stereocenters. The van der Waals surface area contributed by atoms with Gasteiger partial charge in [-0.1, -0.05) is 20.8 Å². The van der Waals surface area contributed by atoms with Crippen LogP contribution in [0.2, 0.25) is 0 Å². The van der Waals surface area contributed by atoms with Crippen molar-refractivity contribution in [3.05, 3.63) is 0 Å². The van der Waals surface area contributed by atoms with Crippen LogP contribution in [0.4, 0.5) is 0 Å². The number of nitrogens with one attached hydrogen (secondary N) is 1. The Labute approximate surface area is 163 Å². The maximum absolute atomic E-state index is 3.75. The molecule has 0 aromatic carbocycles. The number of nitrogens with zero attached hydrogens (tertiary/aromatic N) is 2. The number of hydrogen-bond acceptors (Lipinski definition) is 3. The lowest BCUT2D eigenvalue weighted by Crippen LogP contribution is -2.65. The summed E-state index contributed by atoms with van der Waals surface area (Å²) in [6.07, 6.45) is 8.63. The minimum atomic E-state index is 0.256. The molecule has 26 heavy (non-hydrogen) atoms. The van der Waals surface area contributed by atoms with Gasteiger partial charge < -0.3 is 10.2 Å². The van der Waals surface area contributed by atoms with Gasteiger partial charge in [-0.15, -0.1) is 0 Å². The van der Waals surface area contributed by atoms with Gasteiger partial charge >= 0.3 is 0 Å². The van der Waals surface area contributed by atoms with E-state index in [4.69, 9.17) is 0 Å². The highest BCUT2D eigenvalue weighted by Crippen LogP contribution is 2.40. The standard InChI is InChI=1S/C23H45N3/c1-22(2,3)19-9-7-18(8-10-19)15-25-13-11-21(12-14-25)26-16-20(17-26)24-23(4,5)6/h18-21,24H,7-17H2,1-6H3. The third kappa shape index (κ3) is 5.69. The van der Waals surface area contributed by atoms with Gasteiger partial charge in [0.15, 0.2) is 0 Å². The average Bonchev–Trinajstić information content (AvgIpc) is 2.50. The third-order valence-electron chi connectivity index (χ3n) is 7.21. The summed E-state index contributed by atoms with van der Waals surface area (Å²) < 4.78 is 0. The van der Waals surface area contributed by atoms with Crippen molar-refractivity contribution in [2.24, 2.45) is 17.3 Å². The molecule has 0 radical (unpaired) electrons. The van der Waals surface area contributed by atoms with Gasteiger partial charge in [0, 0.05) is 37.3 Å². The average molecular weight is 364 g/mol. The van der Waals surface area contributed by atoms with E-state index in [2.05, 4.69) is 56.7 Å². The number of likely N-dealkylation sites (tertiary alicyclic amines) is 2. The molecule has 2 saturated heterocycles. The molecule has 0 amide bonds. The van der Waals surface area contributed by atoms with Crippen molar-refractivity contribution < 1.29 is 0 Å². The van der Waals surface area contributed by atoms with Crippen molar-refractivity contribution in [2.45, 2.75) is 97.7 Å². The highest BCUT2D eigenvalue weighted by Gasteiger charge is 2.36. The van der Waals surface area contributed by atoms with Gasteiger partial charge in [0.2, 0.25) is 0 Å². The minimum Gasteiger partial charge on any atom is -0.307 e. The fourth-order valence-corrected chi connectivity index (χ4v) is 5.56. The summed E-state index contributed by atoms with van der Waals surface area (Å²) in [7, 11) is 0. The van der Waals surface area contributed by atoms with E-state index in [0.717, 1.165) is 17.9 Å². The summed E-state index contributed by atoms with van der Waals surface area (Å²) in [5, 5.41) is 3.75. The first-order chi connectivity index (χ1) is 12.1. The lowest BCUT2D eigenvalue weighted by Gasteiger charge is -2.49. The molecule has 3 aliphatic rings. The summed E-state index contributed by atoms with van der Waals surface area (Å²) in [6, 6.07) is 1.56. The molecule has 0 aromatic heterocycles. The van der Waals surface area contributed by atoms with Crippen molar-refractivity contribution in [3.63, 3.8) is 0 Å². The zero-order valence-electron chi connectivity index (χ0n) is 18.5. The molecule has 2 heterocycles. The first-order valence-corrected chi connectivity index (χ1v) is 11.3. The molecule has 152 valence electrons. The molecule has 1 saturated carbocycles. The fraction of sp³-hybridized carbons (Fsp3) is 1.00. The van der Waals surface area contributed by atoms with Gasteiger partial charge in [-0.25, -0.2) is 0 Å².